The summed E-state index contributed by atoms with van der Waals surface area (Å²) in [5, 5.41) is 6.96. The molecule has 0 unspecified atom stereocenters. The summed E-state index contributed by atoms with van der Waals surface area (Å²) >= 11 is 0. The van der Waals surface area contributed by atoms with Gasteiger partial charge in [-0.1, -0.05) is 5.16 Å². The topological polar surface area (TPSA) is 96.6 Å². The Morgan fingerprint density at radius 1 is 1.21 bits per heavy atom. The predicted molar refractivity (Wildman–Crippen MR) is 102 cm³/mol. The van der Waals surface area contributed by atoms with Crippen molar-refractivity contribution in [3.05, 3.63) is 35.6 Å². The van der Waals surface area contributed by atoms with Gasteiger partial charge in [0, 0.05) is 45.3 Å². The molecule has 9 nitrogen and oxygen atoms in total. The summed E-state index contributed by atoms with van der Waals surface area (Å²) in [6.07, 6.45) is 3.66. The number of morpholine rings is 1. The number of ether oxygens (including phenoxy) is 1. The van der Waals surface area contributed by atoms with E-state index in [4.69, 9.17) is 9.26 Å². The summed E-state index contributed by atoms with van der Waals surface area (Å²) < 4.78 is 10.4. The van der Waals surface area contributed by atoms with Gasteiger partial charge in [-0.15, -0.1) is 0 Å². The molecule has 2 saturated heterocycles. The van der Waals surface area contributed by atoms with Crippen LogP contribution < -0.4 is 5.32 Å². The molecule has 0 spiro atoms. The average Bonchev–Trinajstić information content (AvgIpc) is 3.18. The highest BCUT2D eigenvalue weighted by Gasteiger charge is 2.28. The number of aromatic nitrogens is 3. The van der Waals surface area contributed by atoms with Gasteiger partial charge in [0.05, 0.1) is 25.3 Å². The van der Waals surface area contributed by atoms with Crippen LogP contribution >= 0.6 is 0 Å². The number of hydrogen-bond donors (Lipinski definition) is 1. The highest BCUT2D eigenvalue weighted by molar-refractivity contribution is 5.94. The molecule has 2 aromatic heterocycles. The van der Waals surface area contributed by atoms with Crippen LogP contribution in [0.3, 0.4) is 0 Å². The molecule has 0 aliphatic carbocycles. The normalized spacial score (nSPS) is 19.0. The van der Waals surface area contributed by atoms with E-state index in [1.165, 1.54) is 0 Å². The van der Waals surface area contributed by atoms with Gasteiger partial charge in [-0.3, -0.25) is 9.69 Å². The van der Waals surface area contributed by atoms with E-state index >= 15 is 0 Å². The van der Waals surface area contributed by atoms with Crippen LogP contribution in [-0.2, 0) is 11.3 Å². The van der Waals surface area contributed by atoms with Crippen molar-refractivity contribution in [1.82, 2.24) is 24.9 Å². The molecule has 4 heterocycles. The second kappa shape index (κ2) is 8.66. The summed E-state index contributed by atoms with van der Waals surface area (Å²) in [7, 11) is 0. The molecule has 28 heavy (non-hydrogen) atoms. The van der Waals surface area contributed by atoms with Gasteiger partial charge < -0.3 is 19.5 Å². The van der Waals surface area contributed by atoms with E-state index in [1.807, 2.05) is 11.0 Å². The molecule has 0 radical (unpaired) electrons. The molecule has 1 N–H and O–H groups in total. The lowest BCUT2D eigenvalue weighted by molar-refractivity contribution is 0.00158. The number of amides is 1. The lowest BCUT2D eigenvalue weighted by Gasteiger charge is -2.40. The Morgan fingerprint density at radius 3 is 2.64 bits per heavy atom. The second-order valence-corrected chi connectivity index (χ2v) is 7.19. The molecule has 2 aliphatic rings. The van der Waals surface area contributed by atoms with Crippen molar-refractivity contribution in [3.63, 3.8) is 0 Å². The van der Waals surface area contributed by atoms with Crippen molar-refractivity contribution < 1.29 is 14.1 Å². The Morgan fingerprint density at radius 2 is 2.00 bits per heavy atom. The highest BCUT2D eigenvalue weighted by Crippen LogP contribution is 2.19. The number of aryl methyl sites for hydroxylation is 1. The first-order chi connectivity index (χ1) is 13.7. The summed E-state index contributed by atoms with van der Waals surface area (Å²) in [6.45, 7) is 7.39. The number of pyridine rings is 1. The molecule has 0 atom stereocenters. The highest BCUT2D eigenvalue weighted by atomic mass is 16.5. The Labute approximate surface area is 164 Å². The number of rotatable bonds is 5. The third-order valence-electron chi connectivity index (χ3n) is 5.32. The average molecular weight is 386 g/mol. The molecule has 1 amide bonds. The standard InChI is InChI=1S/C19H26N6O3/c1-14-22-18(23-28-14)13-21-17-3-2-15(12-20-17)19(26)25-6-4-16(5-7-25)24-8-10-27-11-9-24/h2-3,12,16H,4-11,13H2,1H3,(H,20,21). The van der Waals surface area contributed by atoms with Gasteiger partial charge in [-0.25, -0.2) is 4.98 Å². The van der Waals surface area contributed by atoms with E-state index in [1.54, 1.807) is 19.2 Å². The largest absolute Gasteiger partial charge is 0.379 e. The van der Waals surface area contributed by atoms with Crippen LogP contribution in [0.1, 0.15) is 34.9 Å². The van der Waals surface area contributed by atoms with Crippen LogP contribution in [0.25, 0.3) is 0 Å². The maximum absolute atomic E-state index is 12.8. The number of anilines is 1. The molecule has 0 saturated carbocycles. The molecule has 150 valence electrons. The van der Waals surface area contributed by atoms with E-state index in [0.717, 1.165) is 52.2 Å². The summed E-state index contributed by atoms with van der Waals surface area (Å²) in [5.74, 6) is 1.82. The monoisotopic (exact) mass is 386 g/mol. The van der Waals surface area contributed by atoms with Crippen LogP contribution in [-0.4, -0.2) is 76.3 Å². The van der Waals surface area contributed by atoms with Crippen LogP contribution in [0.15, 0.2) is 22.9 Å². The fraction of sp³-hybridized carbons (Fsp3) is 0.579. The number of likely N-dealkylation sites (tertiary alicyclic amines) is 1. The summed E-state index contributed by atoms with van der Waals surface area (Å²) in [6, 6.07) is 4.18. The van der Waals surface area contributed by atoms with Gasteiger partial charge in [0.1, 0.15) is 5.82 Å². The first-order valence-corrected chi connectivity index (χ1v) is 9.79. The van der Waals surface area contributed by atoms with Gasteiger partial charge in [-0.2, -0.15) is 4.98 Å². The van der Waals surface area contributed by atoms with E-state index in [2.05, 4.69) is 25.3 Å². The zero-order valence-corrected chi connectivity index (χ0v) is 16.1. The van der Waals surface area contributed by atoms with Gasteiger partial charge in [0.25, 0.3) is 5.91 Å². The Kier molecular flexibility index (Phi) is 5.82. The quantitative estimate of drug-likeness (QED) is 0.822. The molecule has 2 aromatic rings. The lowest BCUT2D eigenvalue weighted by Crippen LogP contribution is -2.50. The molecular weight excluding hydrogens is 360 g/mol. The van der Waals surface area contributed by atoms with Crippen molar-refractivity contribution in [2.24, 2.45) is 0 Å². The minimum Gasteiger partial charge on any atom is -0.379 e. The van der Waals surface area contributed by atoms with Crippen molar-refractivity contribution >= 4 is 11.7 Å². The van der Waals surface area contributed by atoms with Crippen LogP contribution in [0.4, 0.5) is 5.82 Å². The first-order valence-electron chi connectivity index (χ1n) is 9.79. The van der Waals surface area contributed by atoms with Crippen LogP contribution in [0, 0.1) is 6.92 Å². The number of nitrogens with one attached hydrogen (secondary N) is 1. The van der Waals surface area contributed by atoms with Gasteiger partial charge in [0.15, 0.2) is 5.82 Å². The Bertz CT molecular complexity index is 779. The van der Waals surface area contributed by atoms with Crippen molar-refractivity contribution in [3.8, 4) is 0 Å². The van der Waals surface area contributed by atoms with Gasteiger partial charge in [0.2, 0.25) is 5.89 Å². The first kappa shape index (κ1) is 18.8. The van der Waals surface area contributed by atoms with E-state index < -0.39 is 0 Å². The predicted octanol–water partition coefficient (Wildman–Crippen LogP) is 1.32. The van der Waals surface area contributed by atoms with Crippen LogP contribution in [0.5, 0.6) is 0 Å². The SMILES string of the molecule is Cc1nc(CNc2ccc(C(=O)N3CCC(N4CCOCC4)CC3)cn2)no1. The van der Waals surface area contributed by atoms with Crippen molar-refractivity contribution in [2.75, 3.05) is 44.7 Å². The Balaban J connectivity index is 1.27. The summed E-state index contributed by atoms with van der Waals surface area (Å²) in [4.78, 5) is 25.7. The minimum atomic E-state index is 0.0493. The molecule has 4 rings (SSSR count). The maximum atomic E-state index is 12.8. The zero-order chi connectivity index (χ0) is 19.3. The molecule has 9 heteroatoms. The van der Waals surface area contributed by atoms with Gasteiger partial charge >= 0.3 is 0 Å². The number of piperidine rings is 1. The van der Waals surface area contributed by atoms with E-state index in [0.29, 0.717) is 35.7 Å². The lowest BCUT2D eigenvalue weighted by atomic mass is 10.0. The number of carbonyl (C=O) groups is 1. The Hall–Kier alpha value is -2.52. The second-order valence-electron chi connectivity index (χ2n) is 7.19. The van der Waals surface area contributed by atoms with E-state index in [9.17, 15) is 4.79 Å². The molecule has 0 bridgehead atoms. The fourth-order valence-electron chi connectivity index (χ4n) is 3.77. The van der Waals surface area contributed by atoms with Gasteiger partial charge in [-0.05, 0) is 25.0 Å². The third-order valence-corrected chi connectivity index (χ3v) is 5.32. The number of nitrogens with zero attached hydrogens (tertiary/aromatic N) is 5. The number of carbonyl (C=O) groups excluding carboxylic acids is 1. The fourth-order valence-corrected chi connectivity index (χ4v) is 3.77. The van der Waals surface area contributed by atoms with E-state index in [-0.39, 0.29) is 5.91 Å². The van der Waals surface area contributed by atoms with Crippen molar-refractivity contribution in [1.29, 1.82) is 0 Å². The smallest absolute Gasteiger partial charge is 0.255 e. The maximum Gasteiger partial charge on any atom is 0.255 e. The number of hydrogen-bond acceptors (Lipinski definition) is 8. The van der Waals surface area contributed by atoms with Crippen molar-refractivity contribution in [2.45, 2.75) is 32.4 Å². The third kappa shape index (κ3) is 4.48. The zero-order valence-electron chi connectivity index (χ0n) is 16.1. The molecule has 0 aromatic carbocycles. The molecular formula is C19H26N6O3. The molecule has 2 fully saturated rings. The minimum absolute atomic E-state index is 0.0493. The van der Waals surface area contributed by atoms with Crippen LogP contribution in [0.2, 0.25) is 0 Å². The molecule has 2 aliphatic heterocycles. The summed E-state index contributed by atoms with van der Waals surface area (Å²) in [5.41, 5.74) is 0.616.